The number of fused-ring (bicyclic) bond motifs is 1. The van der Waals surface area contributed by atoms with E-state index >= 15 is 0 Å². The van der Waals surface area contributed by atoms with Gasteiger partial charge in [0.05, 0.1) is 13.2 Å². The summed E-state index contributed by atoms with van der Waals surface area (Å²) in [7, 11) is 1.68. The van der Waals surface area contributed by atoms with Gasteiger partial charge in [-0.05, 0) is 60.7 Å². The number of hydrogen-bond donors (Lipinski definition) is 1. The maximum Gasteiger partial charge on any atom is 0.265 e. The second-order valence-electron chi connectivity index (χ2n) is 7.20. The summed E-state index contributed by atoms with van der Waals surface area (Å²) in [6, 6.07) is 11.4. The molecule has 2 aromatic carbocycles. The second-order valence-corrected chi connectivity index (χ2v) is 7.20. The normalized spacial score (nSPS) is 16.7. The van der Waals surface area contributed by atoms with Gasteiger partial charge in [-0.3, -0.25) is 4.79 Å². The maximum absolute atomic E-state index is 12.7. The van der Waals surface area contributed by atoms with Crippen molar-refractivity contribution in [2.24, 2.45) is 0 Å². The minimum Gasteiger partial charge on any atom is -0.496 e. The van der Waals surface area contributed by atoms with Gasteiger partial charge in [0.15, 0.2) is 11.5 Å². The van der Waals surface area contributed by atoms with Crippen LogP contribution in [-0.2, 0) is 4.79 Å². The highest BCUT2D eigenvalue weighted by Gasteiger charge is 2.28. The van der Waals surface area contributed by atoms with Gasteiger partial charge in [-0.1, -0.05) is 26.0 Å². The van der Waals surface area contributed by atoms with E-state index in [1.165, 1.54) is 0 Å². The molecule has 5 heteroatoms. The van der Waals surface area contributed by atoms with Crippen LogP contribution in [0.5, 0.6) is 17.2 Å². The zero-order valence-corrected chi connectivity index (χ0v) is 16.5. The number of rotatable bonds is 5. The molecule has 0 saturated carbocycles. The summed E-state index contributed by atoms with van der Waals surface area (Å²) >= 11 is 0. The molecule has 0 aromatic heterocycles. The summed E-state index contributed by atoms with van der Waals surface area (Å²) in [5, 5.41) is 3.06. The quantitative estimate of drug-likeness (QED) is 0.860. The minimum absolute atomic E-state index is 0.151. The van der Waals surface area contributed by atoms with Crippen molar-refractivity contribution in [3.05, 3.63) is 53.1 Å². The Hall–Kier alpha value is -2.69. The minimum atomic E-state index is -0.662. The zero-order chi connectivity index (χ0) is 19.6. The molecule has 1 amide bonds. The van der Waals surface area contributed by atoms with Crippen molar-refractivity contribution in [3.8, 4) is 17.2 Å². The molecule has 1 N–H and O–H groups in total. The molecular formula is C22H27NO4. The Kier molecular flexibility index (Phi) is 5.59. The lowest BCUT2D eigenvalue weighted by Gasteiger charge is -2.27. The fourth-order valence-corrected chi connectivity index (χ4v) is 3.34. The van der Waals surface area contributed by atoms with Gasteiger partial charge in [-0.25, -0.2) is 0 Å². The second kappa shape index (κ2) is 7.91. The molecule has 0 saturated heterocycles. The molecule has 1 aliphatic rings. The fourth-order valence-electron chi connectivity index (χ4n) is 3.34. The van der Waals surface area contributed by atoms with E-state index in [-0.39, 0.29) is 18.6 Å². The first-order valence-electron chi connectivity index (χ1n) is 9.28. The number of benzene rings is 2. The number of para-hydroxylation sites is 2. The number of amides is 1. The van der Waals surface area contributed by atoms with E-state index < -0.39 is 6.10 Å². The van der Waals surface area contributed by atoms with Gasteiger partial charge in [0, 0.05) is 0 Å². The molecule has 2 atom stereocenters. The SMILES string of the molecule is COc1cc(C)c([C@@H](C)NC(=O)[C@H]2COc3ccccc3O2)cc1C(C)C. The van der Waals surface area contributed by atoms with Crippen molar-refractivity contribution in [1.29, 1.82) is 0 Å². The Balaban J connectivity index is 1.75. The Bertz CT molecular complexity index is 831. The number of nitrogens with one attached hydrogen (secondary N) is 1. The molecule has 0 radical (unpaired) electrons. The molecule has 0 aliphatic carbocycles. The molecule has 144 valence electrons. The van der Waals surface area contributed by atoms with Crippen molar-refractivity contribution in [2.45, 2.75) is 45.8 Å². The Labute approximate surface area is 160 Å². The van der Waals surface area contributed by atoms with Crippen LogP contribution in [0.1, 0.15) is 49.4 Å². The van der Waals surface area contributed by atoms with Crippen LogP contribution in [0, 0.1) is 6.92 Å². The van der Waals surface area contributed by atoms with Gasteiger partial charge in [0.2, 0.25) is 6.10 Å². The van der Waals surface area contributed by atoms with Crippen molar-refractivity contribution in [3.63, 3.8) is 0 Å². The predicted molar refractivity (Wildman–Crippen MR) is 105 cm³/mol. The smallest absolute Gasteiger partial charge is 0.265 e. The summed E-state index contributed by atoms with van der Waals surface area (Å²) in [6.45, 7) is 8.47. The number of carbonyl (C=O) groups is 1. The third-order valence-corrected chi connectivity index (χ3v) is 4.87. The van der Waals surface area contributed by atoms with E-state index in [4.69, 9.17) is 14.2 Å². The third kappa shape index (κ3) is 4.02. The van der Waals surface area contributed by atoms with Crippen molar-refractivity contribution >= 4 is 5.91 Å². The average molecular weight is 369 g/mol. The van der Waals surface area contributed by atoms with Crippen LogP contribution in [0.4, 0.5) is 0 Å². The average Bonchev–Trinajstić information content (AvgIpc) is 2.66. The van der Waals surface area contributed by atoms with Crippen molar-refractivity contribution in [1.82, 2.24) is 5.32 Å². The molecule has 3 rings (SSSR count). The Morgan fingerprint density at radius 1 is 1.15 bits per heavy atom. The van der Waals surface area contributed by atoms with Gasteiger partial charge in [-0.2, -0.15) is 0 Å². The molecule has 0 fully saturated rings. The van der Waals surface area contributed by atoms with Crippen LogP contribution in [0.25, 0.3) is 0 Å². The van der Waals surface area contributed by atoms with E-state index in [2.05, 4.69) is 25.2 Å². The van der Waals surface area contributed by atoms with Crippen LogP contribution < -0.4 is 19.5 Å². The van der Waals surface area contributed by atoms with Gasteiger partial charge in [0.25, 0.3) is 5.91 Å². The van der Waals surface area contributed by atoms with Gasteiger partial charge in [0.1, 0.15) is 12.4 Å². The lowest BCUT2D eigenvalue weighted by Crippen LogP contribution is -2.44. The van der Waals surface area contributed by atoms with E-state index in [9.17, 15) is 4.79 Å². The third-order valence-electron chi connectivity index (χ3n) is 4.87. The van der Waals surface area contributed by atoms with E-state index in [0.717, 1.165) is 22.4 Å². The summed E-state index contributed by atoms with van der Waals surface area (Å²) in [5.74, 6) is 2.29. The molecule has 27 heavy (non-hydrogen) atoms. The Morgan fingerprint density at radius 3 is 2.52 bits per heavy atom. The molecular weight excluding hydrogens is 342 g/mol. The van der Waals surface area contributed by atoms with Crippen LogP contribution in [-0.4, -0.2) is 25.7 Å². The molecule has 1 aliphatic heterocycles. The first-order chi connectivity index (χ1) is 12.9. The standard InChI is InChI=1S/C22H27NO4/c1-13(2)16-11-17(14(3)10-20(16)25-5)15(4)23-22(24)21-12-26-18-8-6-7-9-19(18)27-21/h6-11,13,15,21H,12H2,1-5H3,(H,23,24)/t15-,21-/m1/s1. The molecule has 1 heterocycles. The monoisotopic (exact) mass is 369 g/mol. The molecule has 0 unspecified atom stereocenters. The highest BCUT2D eigenvalue weighted by atomic mass is 16.6. The van der Waals surface area contributed by atoms with Crippen molar-refractivity contribution < 1.29 is 19.0 Å². The predicted octanol–water partition coefficient (Wildman–Crippen LogP) is 4.14. The maximum atomic E-state index is 12.7. The van der Waals surface area contributed by atoms with Crippen LogP contribution in [0.2, 0.25) is 0 Å². The van der Waals surface area contributed by atoms with E-state index in [0.29, 0.717) is 17.4 Å². The number of methoxy groups -OCH3 is 1. The van der Waals surface area contributed by atoms with Gasteiger partial charge in [-0.15, -0.1) is 0 Å². The first kappa shape index (κ1) is 19.1. The number of ether oxygens (including phenoxy) is 3. The first-order valence-corrected chi connectivity index (χ1v) is 9.28. The number of carbonyl (C=O) groups excluding carboxylic acids is 1. The summed E-state index contributed by atoms with van der Waals surface area (Å²) in [5.41, 5.74) is 3.28. The molecule has 0 bridgehead atoms. The number of aryl methyl sites for hydroxylation is 1. The summed E-state index contributed by atoms with van der Waals surface area (Å²) < 4.78 is 17.0. The zero-order valence-electron chi connectivity index (χ0n) is 16.5. The van der Waals surface area contributed by atoms with Crippen molar-refractivity contribution in [2.75, 3.05) is 13.7 Å². The topological polar surface area (TPSA) is 56.8 Å². The lowest BCUT2D eigenvalue weighted by atomic mass is 9.93. The summed E-state index contributed by atoms with van der Waals surface area (Å²) in [4.78, 5) is 12.7. The highest BCUT2D eigenvalue weighted by Crippen LogP contribution is 2.33. The fraction of sp³-hybridized carbons (Fsp3) is 0.409. The Morgan fingerprint density at radius 2 is 1.85 bits per heavy atom. The van der Waals surface area contributed by atoms with Crippen LogP contribution in [0.3, 0.4) is 0 Å². The van der Waals surface area contributed by atoms with E-state index in [1.807, 2.05) is 38.1 Å². The van der Waals surface area contributed by atoms with Crippen LogP contribution >= 0.6 is 0 Å². The molecule has 2 aromatic rings. The molecule has 5 nitrogen and oxygen atoms in total. The highest BCUT2D eigenvalue weighted by molar-refractivity contribution is 5.82. The van der Waals surface area contributed by atoms with Gasteiger partial charge >= 0.3 is 0 Å². The van der Waals surface area contributed by atoms with E-state index in [1.54, 1.807) is 13.2 Å². The summed E-state index contributed by atoms with van der Waals surface area (Å²) in [6.07, 6.45) is -0.662. The lowest BCUT2D eigenvalue weighted by molar-refractivity contribution is -0.131. The largest absolute Gasteiger partial charge is 0.496 e. The number of hydrogen-bond acceptors (Lipinski definition) is 4. The molecule has 0 spiro atoms. The van der Waals surface area contributed by atoms with Gasteiger partial charge < -0.3 is 19.5 Å². The van der Waals surface area contributed by atoms with Crippen LogP contribution in [0.15, 0.2) is 36.4 Å².